The van der Waals surface area contributed by atoms with E-state index in [4.69, 9.17) is 13.5 Å². The minimum Gasteiger partial charge on any atom is -0.760 e. The Morgan fingerprint density at radius 3 is 2.23 bits per heavy atom. The molecule has 0 aromatic heterocycles. The van der Waals surface area contributed by atoms with Crippen molar-refractivity contribution in [1.29, 1.82) is 0 Å². The van der Waals surface area contributed by atoms with E-state index in [1.54, 1.807) is 7.11 Å². The molecular weight excluding hydrogens is 190 g/mol. The smallest absolute Gasteiger partial charge is 0.121 e. The predicted octanol–water partition coefficient (Wildman–Crippen LogP) is 0.743. The van der Waals surface area contributed by atoms with Crippen molar-refractivity contribution in [3.8, 4) is 5.75 Å². The van der Waals surface area contributed by atoms with Gasteiger partial charge in [-0.2, -0.15) is 0 Å². The van der Waals surface area contributed by atoms with Crippen LogP contribution < -0.4 is 9.88 Å². The Morgan fingerprint density at radius 2 is 1.92 bits per heavy atom. The number of ether oxygens (including phenoxy) is 1. The van der Waals surface area contributed by atoms with Gasteiger partial charge in [0.25, 0.3) is 0 Å². The molecule has 0 aliphatic carbocycles. The summed E-state index contributed by atoms with van der Waals surface area (Å²) in [6.45, 7) is 2.03. The second-order valence-corrected chi connectivity index (χ2v) is 2.75. The molecule has 0 bridgehead atoms. The van der Waals surface area contributed by atoms with Gasteiger partial charge in [-0.15, -0.1) is 0 Å². The summed E-state index contributed by atoms with van der Waals surface area (Å²) in [5.74, 6) is 0.956. The molecule has 1 atom stereocenters. The van der Waals surface area contributed by atoms with E-state index in [2.05, 4.69) is 5.14 Å². The van der Waals surface area contributed by atoms with Gasteiger partial charge in [-0.25, -0.2) is 0 Å². The molecule has 5 heteroatoms. The zero-order valence-corrected chi connectivity index (χ0v) is 8.34. The van der Waals surface area contributed by atoms with Gasteiger partial charge < -0.3 is 9.29 Å². The Labute approximate surface area is 80.1 Å². The van der Waals surface area contributed by atoms with Crippen molar-refractivity contribution in [2.45, 2.75) is 6.92 Å². The topological polar surface area (TPSA) is 75.4 Å². The highest BCUT2D eigenvalue weighted by Gasteiger charge is 1.90. The molecule has 2 N–H and O–H groups in total. The van der Waals surface area contributed by atoms with Crippen LogP contribution in [-0.4, -0.2) is 15.9 Å². The minimum atomic E-state index is -2.36. The van der Waals surface area contributed by atoms with Crippen molar-refractivity contribution in [2.75, 3.05) is 7.11 Å². The van der Waals surface area contributed by atoms with Crippen LogP contribution in [-0.2, 0) is 11.3 Å². The molecule has 74 valence electrons. The van der Waals surface area contributed by atoms with Gasteiger partial charge in [0.15, 0.2) is 0 Å². The third-order valence-electron chi connectivity index (χ3n) is 1.31. The molecule has 0 aliphatic heterocycles. The van der Waals surface area contributed by atoms with Gasteiger partial charge in [0.2, 0.25) is 0 Å². The highest BCUT2D eigenvalue weighted by molar-refractivity contribution is 7.76. The Hall–Kier alpha value is -0.910. The maximum absolute atomic E-state index is 8.78. The molecule has 0 aliphatic rings. The summed E-state index contributed by atoms with van der Waals surface area (Å²) in [7, 11) is 1.68. The van der Waals surface area contributed by atoms with Crippen LogP contribution in [0.1, 0.15) is 5.56 Å². The lowest BCUT2D eigenvalue weighted by atomic mass is 10.2. The number of hydrogen-bond donors (Lipinski definition) is 1. The van der Waals surface area contributed by atoms with Crippen LogP contribution in [0.25, 0.3) is 0 Å². The quantitative estimate of drug-likeness (QED) is 0.682. The Balaban J connectivity index is 0.000000310. The number of para-hydroxylation sites is 1. The zero-order valence-electron chi connectivity index (χ0n) is 7.52. The summed E-state index contributed by atoms with van der Waals surface area (Å²) in [5, 5.41) is 4.03. The molecule has 1 rings (SSSR count). The maximum Gasteiger partial charge on any atom is 0.121 e. The van der Waals surface area contributed by atoms with Gasteiger partial charge in [0.1, 0.15) is 5.75 Å². The van der Waals surface area contributed by atoms with E-state index in [-0.39, 0.29) is 0 Å². The van der Waals surface area contributed by atoms with Gasteiger partial charge in [-0.05, 0) is 18.6 Å². The van der Waals surface area contributed by atoms with Crippen molar-refractivity contribution < 1.29 is 13.5 Å². The van der Waals surface area contributed by atoms with E-state index < -0.39 is 11.3 Å². The number of rotatable bonds is 1. The number of benzene rings is 1. The molecular formula is C8H12NO3S-. The Morgan fingerprint density at radius 1 is 1.46 bits per heavy atom. The molecule has 0 spiro atoms. The van der Waals surface area contributed by atoms with E-state index in [9.17, 15) is 0 Å². The monoisotopic (exact) mass is 202 g/mol. The SMILES string of the molecule is COc1ccccc1C.NS(=O)[O-]. The zero-order chi connectivity index (χ0) is 10.3. The number of nitrogens with two attached hydrogens (primary N) is 1. The van der Waals surface area contributed by atoms with Crippen LogP contribution >= 0.6 is 0 Å². The Bertz CT molecular complexity index is 274. The fourth-order valence-electron chi connectivity index (χ4n) is 0.785. The highest BCUT2D eigenvalue weighted by atomic mass is 32.2. The first-order valence-corrected chi connectivity index (χ1v) is 4.65. The lowest BCUT2D eigenvalue weighted by Crippen LogP contribution is -1.97. The van der Waals surface area contributed by atoms with Crippen LogP contribution in [0.15, 0.2) is 24.3 Å². The van der Waals surface area contributed by atoms with Gasteiger partial charge in [0.05, 0.1) is 7.11 Å². The molecule has 1 unspecified atom stereocenters. The van der Waals surface area contributed by atoms with Crippen LogP contribution in [0.5, 0.6) is 5.75 Å². The lowest BCUT2D eigenvalue weighted by Gasteiger charge is -2.00. The molecule has 0 heterocycles. The molecule has 0 radical (unpaired) electrons. The first-order chi connectivity index (χ1) is 6.07. The molecule has 0 saturated heterocycles. The second-order valence-electron chi connectivity index (χ2n) is 2.23. The summed E-state index contributed by atoms with van der Waals surface area (Å²) < 4.78 is 22.6. The van der Waals surface area contributed by atoms with Crippen molar-refractivity contribution in [3.05, 3.63) is 29.8 Å². The van der Waals surface area contributed by atoms with E-state index in [0.29, 0.717) is 0 Å². The molecule has 1 aromatic carbocycles. The number of hydrogen-bond acceptors (Lipinski definition) is 3. The fraction of sp³-hybridized carbons (Fsp3) is 0.250. The van der Waals surface area contributed by atoms with E-state index >= 15 is 0 Å². The standard InChI is InChI=1S/C8H10O.H3NO2S/c1-7-5-3-4-6-8(7)9-2;1-4(2)3/h3-6H,1-2H3;1H2,(H,2,3)/p-1. The van der Waals surface area contributed by atoms with Gasteiger partial charge in [-0.1, -0.05) is 18.2 Å². The largest absolute Gasteiger partial charge is 0.760 e. The summed E-state index contributed by atoms with van der Waals surface area (Å²) in [6.07, 6.45) is 0. The third-order valence-corrected chi connectivity index (χ3v) is 1.31. The average molecular weight is 202 g/mol. The van der Waals surface area contributed by atoms with E-state index in [1.807, 2.05) is 31.2 Å². The molecule has 0 fully saturated rings. The van der Waals surface area contributed by atoms with Crippen molar-refractivity contribution in [2.24, 2.45) is 5.14 Å². The lowest BCUT2D eigenvalue weighted by molar-refractivity contribution is 0.411. The summed E-state index contributed by atoms with van der Waals surface area (Å²) in [4.78, 5) is 0. The van der Waals surface area contributed by atoms with Crippen LogP contribution in [0.2, 0.25) is 0 Å². The third kappa shape index (κ3) is 6.27. The minimum absolute atomic E-state index is 0.956. The Kier molecular flexibility index (Phi) is 6.13. The summed E-state index contributed by atoms with van der Waals surface area (Å²) in [6, 6.07) is 7.94. The highest BCUT2D eigenvalue weighted by Crippen LogP contribution is 2.14. The van der Waals surface area contributed by atoms with Crippen LogP contribution in [0.3, 0.4) is 0 Å². The first kappa shape index (κ1) is 12.1. The number of methoxy groups -OCH3 is 1. The summed E-state index contributed by atoms with van der Waals surface area (Å²) >= 11 is -2.36. The molecule has 4 nitrogen and oxygen atoms in total. The average Bonchev–Trinajstić information content (AvgIpc) is 2.04. The fourth-order valence-corrected chi connectivity index (χ4v) is 0.785. The predicted molar refractivity (Wildman–Crippen MR) is 50.8 cm³/mol. The normalized spacial score (nSPS) is 11.1. The number of aryl methyl sites for hydroxylation is 1. The maximum atomic E-state index is 8.78. The van der Waals surface area contributed by atoms with Gasteiger partial charge >= 0.3 is 0 Å². The van der Waals surface area contributed by atoms with E-state index in [1.165, 1.54) is 5.56 Å². The van der Waals surface area contributed by atoms with E-state index in [0.717, 1.165) is 5.75 Å². The molecule has 13 heavy (non-hydrogen) atoms. The first-order valence-electron chi connectivity index (χ1n) is 3.51. The van der Waals surface area contributed by atoms with Gasteiger partial charge in [0, 0.05) is 11.3 Å². The second kappa shape index (κ2) is 6.59. The van der Waals surface area contributed by atoms with Crippen LogP contribution in [0, 0.1) is 6.92 Å². The van der Waals surface area contributed by atoms with Crippen molar-refractivity contribution in [3.63, 3.8) is 0 Å². The van der Waals surface area contributed by atoms with Crippen molar-refractivity contribution >= 4 is 11.3 Å². The van der Waals surface area contributed by atoms with Crippen molar-refractivity contribution in [1.82, 2.24) is 0 Å². The molecule has 0 saturated carbocycles. The molecule has 0 amide bonds. The summed E-state index contributed by atoms with van der Waals surface area (Å²) in [5.41, 5.74) is 1.18. The van der Waals surface area contributed by atoms with Crippen LogP contribution in [0.4, 0.5) is 0 Å². The van der Waals surface area contributed by atoms with Gasteiger partial charge in [-0.3, -0.25) is 9.35 Å². The molecule has 1 aromatic rings.